The average molecular weight is 208 g/mol. The molecule has 1 aliphatic rings. The van der Waals surface area contributed by atoms with Gasteiger partial charge in [-0.3, -0.25) is 0 Å². The number of hydrogen-bond donors (Lipinski definition) is 2. The molecule has 1 aromatic rings. The molecule has 0 unspecified atom stereocenters. The highest BCUT2D eigenvalue weighted by atomic mass is 16.4. The molecule has 0 radical (unpaired) electrons. The number of carboxylic acid groups (broad SMARTS) is 1. The lowest BCUT2D eigenvalue weighted by atomic mass is 9.87. The first-order valence-electron chi connectivity index (χ1n) is 5.53. The summed E-state index contributed by atoms with van der Waals surface area (Å²) in [5.41, 5.74) is 0.195. The number of nitrogens with one attached hydrogen (secondary N) is 1. The highest BCUT2D eigenvalue weighted by Crippen LogP contribution is 2.25. The Morgan fingerprint density at radius 1 is 1.47 bits per heavy atom. The van der Waals surface area contributed by atoms with Gasteiger partial charge in [0.15, 0.2) is 0 Å². The number of carbonyl (C=O) groups is 1. The third kappa shape index (κ3) is 2.58. The van der Waals surface area contributed by atoms with Crippen LogP contribution in [0.1, 0.15) is 48.4 Å². The van der Waals surface area contributed by atoms with Gasteiger partial charge >= 0.3 is 5.97 Å². The van der Waals surface area contributed by atoms with E-state index in [0.29, 0.717) is 5.92 Å². The molecule has 1 aliphatic carbocycles. The van der Waals surface area contributed by atoms with Crippen LogP contribution in [0.4, 0.5) is 0 Å². The Kier molecular flexibility index (Phi) is 3.04. The fraction of sp³-hybridized carbons (Fsp3) is 0.636. The van der Waals surface area contributed by atoms with Gasteiger partial charge in [-0.05, 0) is 5.92 Å². The SMILES string of the molecule is O=C(O)c1cnc(CC2CCCCC2)[nH]1. The average Bonchev–Trinajstić information content (AvgIpc) is 2.68. The third-order valence-electron chi connectivity index (χ3n) is 3.07. The van der Waals surface area contributed by atoms with Gasteiger partial charge in [0.05, 0.1) is 6.20 Å². The minimum absolute atomic E-state index is 0.195. The van der Waals surface area contributed by atoms with Crippen molar-refractivity contribution in [1.82, 2.24) is 9.97 Å². The Morgan fingerprint density at radius 3 is 2.80 bits per heavy atom. The van der Waals surface area contributed by atoms with Crippen molar-refractivity contribution in [1.29, 1.82) is 0 Å². The smallest absolute Gasteiger partial charge is 0.353 e. The van der Waals surface area contributed by atoms with Crippen LogP contribution in [0.25, 0.3) is 0 Å². The van der Waals surface area contributed by atoms with Crippen molar-refractivity contribution in [3.8, 4) is 0 Å². The number of nitrogens with zero attached hydrogens (tertiary/aromatic N) is 1. The Labute approximate surface area is 88.7 Å². The zero-order valence-corrected chi connectivity index (χ0v) is 8.70. The molecule has 1 saturated carbocycles. The maximum absolute atomic E-state index is 10.6. The lowest BCUT2D eigenvalue weighted by molar-refractivity contribution is 0.0691. The molecular formula is C11H16N2O2. The number of aromatic amines is 1. The Hall–Kier alpha value is -1.32. The molecule has 4 heteroatoms. The van der Waals surface area contributed by atoms with Gasteiger partial charge < -0.3 is 10.1 Å². The van der Waals surface area contributed by atoms with E-state index in [1.807, 2.05) is 0 Å². The maximum Gasteiger partial charge on any atom is 0.353 e. The molecule has 0 atom stereocenters. The van der Waals surface area contributed by atoms with E-state index in [1.165, 1.54) is 38.3 Å². The maximum atomic E-state index is 10.6. The Morgan fingerprint density at radius 2 is 2.20 bits per heavy atom. The summed E-state index contributed by atoms with van der Waals surface area (Å²) in [5, 5.41) is 8.73. The number of imidazole rings is 1. The second-order valence-electron chi connectivity index (χ2n) is 4.26. The van der Waals surface area contributed by atoms with Crippen molar-refractivity contribution in [3.05, 3.63) is 17.7 Å². The Balaban J connectivity index is 1.94. The van der Waals surface area contributed by atoms with Crippen molar-refractivity contribution in [2.24, 2.45) is 5.92 Å². The number of hydrogen-bond acceptors (Lipinski definition) is 2. The first kappa shape index (κ1) is 10.2. The summed E-state index contributed by atoms with van der Waals surface area (Å²) in [6.45, 7) is 0. The number of rotatable bonds is 3. The molecule has 1 fully saturated rings. The molecule has 0 bridgehead atoms. The van der Waals surface area contributed by atoms with Gasteiger partial charge in [-0.25, -0.2) is 9.78 Å². The molecule has 0 amide bonds. The lowest BCUT2D eigenvalue weighted by Gasteiger charge is -2.20. The fourth-order valence-electron chi connectivity index (χ4n) is 2.24. The van der Waals surface area contributed by atoms with Crippen LogP contribution in [0.2, 0.25) is 0 Å². The molecule has 0 aromatic carbocycles. The number of carboxylic acids is 1. The summed E-state index contributed by atoms with van der Waals surface area (Å²) in [6.07, 6.45) is 8.75. The highest BCUT2D eigenvalue weighted by Gasteiger charge is 2.16. The molecule has 0 saturated heterocycles. The molecule has 2 rings (SSSR count). The van der Waals surface area contributed by atoms with Crippen LogP contribution in [-0.4, -0.2) is 21.0 Å². The van der Waals surface area contributed by atoms with E-state index in [0.717, 1.165) is 12.2 Å². The first-order chi connectivity index (χ1) is 7.25. The highest BCUT2D eigenvalue weighted by molar-refractivity contribution is 5.84. The molecule has 1 aromatic heterocycles. The van der Waals surface area contributed by atoms with Gasteiger partial charge in [-0.1, -0.05) is 32.1 Å². The minimum atomic E-state index is -0.933. The van der Waals surface area contributed by atoms with Gasteiger partial charge in [-0.15, -0.1) is 0 Å². The second kappa shape index (κ2) is 4.47. The van der Waals surface area contributed by atoms with Crippen LogP contribution in [-0.2, 0) is 6.42 Å². The Bertz CT molecular complexity index is 340. The second-order valence-corrected chi connectivity index (χ2v) is 4.26. The van der Waals surface area contributed by atoms with Crippen molar-refractivity contribution in [2.75, 3.05) is 0 Å². The number of aromatic nitrogens is 2. The molecule has 0 aliphatic heterocycles. The van der Waals surface area contributed by atoms with Crippen molar-refractivity contribution in [2.45, 2.75) is 38.5 Å². The van der Waals surface area contributed by atoms with Crippen LogP contribution in [0.5, 0.6) is 0 Å². The standard InChI is InChI=1S/C11H16N2O2/c14-11(15)9-7-12-10(13-9)6-8-4-2-1-3-5-8/h7-8H,1-6H2,(H,12,13)(H,14,15). The van der Waals surface area contributed by atoms with Crippen LogP contribution in [0.15, 0.2) is 6.20 Å². The molecule has 2 N–H and O–H groups in total. The van der Waals surface area contributed by atoms with Gasteiger partial charge in [-0.2, -0.15) is 0 Å². The quantitative estimate of drug-likeness (QED) is 0.800. The van der Waals surface area contributed by atoms with Crippen LogP contribution >= 0.6 is 0 Å². The number of H-pyrrole nitrogens is 1. The van der Waals surface area contributed by atoms with Gasteiger partial charge in [0, 0.05) is 6.42 Å². The molecule has 0 spiro atoms. The van der Waals surface area contributed by atoms with Gasteiger partial charge in [0.2, 0.25) is 0 Å². The van der Waals surface area contributed by atoms with E-state index in [2.05, 4.69) is 9.97 Å². The summed E-state index contributed by atoms with van der Waals surface area (Å²) in [4.78, 5) is 17.6. The van der Waals surface area contributed by atoms with Crippen molar-refractivity contribution >= 4 is 5.97 Å². The fourth-order valence-corrected chi connectivity index (χ4v) is 2.24. The van der Waals surface area contributed by atoms with Crippen molar-refractivity contribution in [3.63, 3.8) is 0 Å². The summed E-state index contributed by atoms with van der Waals surface area (Å²) in [7, 11) is 0. The monoisotopic (exact) mass is 208 g/mol. The van der Waals surface area contributed by atoms with Crippen LogP contribution < -0.4 is 0 Å². The molecule has 15 heavy (non-hydrogen) atoms. The first-order valence-corrected chi connectivity index (χ1v) is 5.53. The third-order valence-corrected chi connectivity index (χ3v) is 3.07. The predicted molar refractivity (Wildman–Crippen MR) is 55.8 cm³/mol. The molecule has 82 valence electrons. The zero-order valence-electron chi connectivity index (χ0n) is 8.70. The molecule has 4 nitrogen and oxygen atoms in total. The van der Waals surface area contributed by atoms with Crippen LogP contribution in [0.3, 0.4) is 0 Å². The summed E-state index contributed by atoms with van der Waals surface area (Å²) in [5.74, 6) is 0.572. The van der Waals surface area contributed by atoms with E-state index in [9.17, 15) is 4.79 Å². The minimum Gasteiger partial charge on any atom is -0.477 e. The zero-order chi connectivity index (χ0) is 10.7. The van der Waals surface area contributed by atoms with E-state index in [-0.39, 0.29) is 5.69 Å². The van der Waals surface area contributed by atoms with Gasteiger partial charge in [0.1, 0.15) is 11.5 Å². The van der Waals surface area contributed by atoms with Crippen LogP contribution in [0, 0.1) is 5.92 Å². The number of aromatic carboxylic acids is 1. The molecule has 1 heterocycles. The predicted octanol–water partition coefficient (Wildman–Crippen LogP) is 2.23. The normalized spacial score (nSPS) is 17.9. The van der Waals surface area contributed by atoms with E-state index in [1.54, 1.807) is 0 Å². The van der Waals surface area contributed by atoms with Crippen molar-refractivity contribution < 1.29 is 9.90 Å². The van der Waals surface area contributed by atoms with E-state index < -0.39 is 5.97 Å². The molecular weight excluding hydrogens is 192 g/mol. The summed E-state index contributed by atoms with van der Waals surface area (Å²) < 4.78 is 0. The summed E-state index contributed by atoms with van der Waals surface area (Å²) >= 11 is 0. The van der Waals surface area contributed by atoms with Gasteiger partial charge in [0.25, 0.3) is 0 Å². The topological polar surface area (TPSA) is 66.0 Å². The summed E-state index contributed by atoms with van der Waals surface area (Å²) in [6, 6.07) is 0. The van der Waals surface area contributed by atoms with E-state index in [4.69, 9.17) is 5.11 Å². The lowest BCUT2D eigenvalue weighted by Crippen LogP contribution is -2.10. The largest absolute Gasteiger partial charge is 0.477 e. The van der Waals surface area contributed by atoms with E-state index >= 15 is 0 Å².